The lowest BCUT2D eigenvalue weighted by Gasteiger charge is -2.18. The largest absolute Gasteiger partial charge is 0.370 e. The molecule has 0 aromatic carbocycles. The number of aromatic nitrogens is 2. The number of hydrogen-bond donors (Lipinski definition) is 2. The molecule has 1 aliphatic rings. The molecular formula is C15H27N5. The fraction of sp³-hybridized carbons (Fsp3) is 0.733. The van der Waals surface area contributed by atoms with E-state index in [1.54, 1.807) is 0 Å². The van der Waals surface area contributed by atoms with Crippen molar-refractivity contribution < 1.29 is 0 Å². The van der Waals surface area contributed by atoms with Gasteiger partial charge in [0, 0.05) is 31.2 Å². The highest BCUT2D eigenvalue weighted by Gasteiger charge is 2.25. The highest BCUT2D eigenvalue weighted by molar-refractivity contribution is 5.57. The van der Waals surface area contributed by atoms with E-state index in [1.807, 2.05) is 6.92 Å². The summed E-state index contributed by atoms with van der Waals surface area (Å²) in [6, 6.07) is 0.812. The Morgan fingerprint density at radius 3 is 2.25 bits per heavy atom. The Kier molecular flexibility index (Phi) is 5.17. The molecule has 2 N–H and O–H groups in total. The molecule has 1 aromatic rings. The second-order valence-electron chi connectivity index (χ2n) is 5.66. The van der Waals surface area contributed by atoms with Crippen molar-refractivity contribution in [1.82, 2.24) is 14.9 Å². The molecule has 0 bridgehead atoms. The monoisotopic (exact) mass is 277 g/mol. The number of nitrogens with one attached hydrogen (secondary N) is 2. The van der Waals surface area contributed by atoms with Gasteiger partial charge in [-0.25, -0.2) is 9.97 Å². The van der Waals surface area contributed by atoms with Crippen LogP contribution in [0.1, 0.15) is 37.6 Å². The van der Waals surface area contributed by atoms with Crippen molar-refractivity contribution in [2.75, 3.05) is 37.3 Å². The van der Waals surface area contributed by atoms with Gasteiger partial charge in [0.2, 0.25) is 0 Å². The summed E-state index contributed by atoms with van der Waals surface area (Å²) in [6.45, 7) is 9.11. The van der Waals surface area contributed by atoms with Crippen LogP contribution in [0, 0.1) is 13.8 Å². The quantitative estimate of drug-likeness (QED) is 0.764. The molecule has 0 atom stereocenters. The van der Waals surface area contributed by atoms with Crippen LogP contribution in [0.5, 0.6) is 0 Å². The lowest BCUT2D eigenvalue weighted by molar-refractivity contribution is 0.337. The van der Waals surface area contributed by atoms with Crippen LogP contribution in [0.4, 0.5) is 11.6 Å². The molecule has 0 aliphatic heterocycles. The Morgan fingerprint density at radius 2 is 1.70 bits per heavy atom. The van der Waals surface area contributed by atoms with Crippen molar-refractivity contribution in [2.24, 2.45) is 0 Å². The number of rotatable bonds is 8. The van der Waals surface area contributed by atoms with Crippen LogP contribution in [-0.2, 0) is 0 Å². The van der Waals surface area contributed by atoms with E-state index in [1.165, 1.54) is 12.8 Å². The molecule has 0 unspecified atom stereocenters. The summed E-state index contributed by atoms with van der Waals surface area (Å²) in [5, 5.41) is 6.82. The normalized spacial score (nSPS) is 14.7. The summed E-state index contributed by atoms with van der Waals surface area (Å²) in [5.41, 5.74) is 1.11. The maximum absolute atomic E-state index is 4.52. The van der Waals surface area contributed by atoms with Crippen LogP contribution < -0.4 is 10.6 Å². The molecule has 2 rings (SSSR count). The number of hydrogen-bond acceptors (Lipinski definition) is 5. The van der Waals surface area contributed by atoms with Crippen LogP contribution in [0.15, 0.2) is 0 Å². The molecule has 0 spiro atoms. The van der Waals surface area contributed by atoms with E-state index < -0.39 is 0 Å². The molecule has 1 fully saturated rings. The summed E-state index contributed by atoms with van der Waals surface area (Å²) in [4.78, 5) is 11.4. The zero-order valence-corrected chi connectivity index (χ0v) is 13.2. The van der Waals surface area contributed by atoms with Gasteiger partial charge >= 0.3 is 0 Å². The van der Waals surface area contributed by atoms with E-state index in [-0.39, 0.29) is 0 Å². The Bertz CT molecular complexity index is 442. The van der Waals surface area contributed by atoms with Gasteiger partial charge < -0.3 is 15.5 Å². The highest BCUT2D eigenvalue weighted by atomic mass is 15.2. The number of nitrogens with zero attached hydrogens (tertiary/aromatic N) is 3. The van der Waals surface area contributed by atoms with Crippen LogP contribution >= 0.6 is 0 Å². The molecular weight excluding hydrogens is 250 g/mol. The Hall–Kier alpha value is -1.36. The molecule has 1 aromatic heterocycles. The number of anilines is 2. The summed E-state index contributed by atoms with van der Waals surface area (Å²) in [5.74, 6) is 2.73. The molecule has 1 saturated carbocycles. The van der Waals surface area contributed by atoms with Crippen LogP contribution in [-0.4, -0.2) is 47.6 Å². The highest BCUT2D eigenvalue weighted by Crippen LogP contribution is 2.25. The molecule has 5 nitrogen and oxygen atoms in total. The van der Waals surface area contributed by atoms with Gasteiger partial charge in [0.15, 0.2) is 0 Å². The minimum Gasteiger partial charge on any atom is -0.370 e. The van der Waals surface area contributed by atoms with E-state index in [0.717, 1.165) is 55.1 Å². The Labute approximate surface area is 122 Å². The summed E-state index contributed by atoms with van der Waals surface area (Å²) >= 11 is 0. The predicted octanol–water partition coefficient (Wildman–Crippen LogP) is 2.42. The van der Waals surface area contributed by atoms with Crippen molar-refractivity contribution in [2.45, 2.75) is 46.1 Å². The fourth-order valence-electron chi connectivity index (χ4n) is 2.26. The molecule has 0 radical (unpaired) electrons. The molecule has 112 valence electrons. The van der Waals surface area contributed by atoms with Gasteiger partial charge in [0.25, 0.3) is 0 Å². The first kappa shape index (κ1) is 15.0. The number of aryl methyl sites for hydroxylation is 1. The predicted molar refractivity (Wildman–Crippen MR) is 84.4 cm³/mol. The van der Waals surface area contributed by atoms with Crippen molar-refractivity contribution in [3.05, 3.63) is 11.4 Å². The zero-order chi connectivity index (χ0) is 14.5. The topological polar surface area (TPSA) is 53.1 Å². The van der Waals surface area contributed by atoms with Gasteiger partial charge in [0.05, 0.1) is 0 Å². The van der Waals surface area contributed by atoms with E-state index in [2.05, 4.69) is 46.4 Å². The Morgan fingerprint density at radius 1 is 1.10 bits per heavy atom. The minimum absolute atomic E-state index is 0.812. The van der Waals surface area contributed by atoms with E-state index >= 15 is 0 Å². The van der Waals surface area contributed by atoms with Gasteiger partial charge in [-0.2, -0.15) is 0 Å². The van der Waals surface area contributed by atoms with E-state index in [4.69, 9.17) is 0 Å². The molecule has 5 heteroatoms. The molecule has 20 heavy (non-hydrogen) atoms. The second kappa shape index (κ2) is 6.88. The molecule has 0 amide bonds. The van der Waals surface area contributed by atoms with Gasteiger partial charge in [-0.05, 0) is 40.2 Å². The van der Waals surface area contributed by atoms with E-state index in [0.29, 0.717) is 0 Å². The van der Waals surface area contributed by atoms with Gasteiger partial charge in [0.1, 0.15) is 17.5 Å². The summed E-state index contributed by atoms with van der Waals surface area (Å²) < 4.78 is 0. The van der Waals surface area contributed by atoms with Crippen molar-refractivity contribution in [1.29, 1.82) is 0 Å². The van der Waals surface area contributed by atoms with Crippen molar-refractivity contribution in [3.8, 4) is 0 Å². The van der Waals surface area contributed by atoms with Gasteiger partial charge in [-0.3, -0.25) is 0 Å². The first-order valence-electron chi connectivity index (χ1n) is 7.65. The van der Waals surface area contributed by atoms with Crippen LogP contribution in [0.25, 0.3) is 0 Å². The number of likely N-dealkylation sites (N-methyl/N-ethyl adjacent to an activating group) is 1. The maximum Gasteiger partial charge on any atom is 0.134 e. The molecule has 1 aliphatic carbocycles. The lowest BCUT2D eigenvalue weighted by atomic mass is 10.3. The fourth-order valence-corrected chi connectivity index (χ4v) is 2.26. The average molecular weight is 277 g/mol. The second-order valence-corrected chi connectivity index (χ2v) is 5.66. The van der Waals surface area contributed by atoms with Crippen molar-refractivity contribution in [3.63, 3.8) is 0 Å². The standard InChI is InChI=1S/C15H27N5/c1-5-8-16-14-11(2)15(19-12(3)18-14)17-9-10-20(4)13-6-7-13/h13H,5-10H2,1-4H3,(H2,16,17,18,19). The van der Waals surface area contributed by atoms with Gasteiger partial charge in [-0.15, -0.1) is 0 Å². The third-order valence-electron chi connectivity index (χ3n) is 3.73. The zero-order valence-electron chi connectivity index (χ0n) is 13.2. The lowest BCUT2D eigenvalue weighted by Crippen LogP contribution is -2.27. The smallest absolute Gasteiger partial charge is 0.134 e. The van der Waals surface area contributed by atoms with Crippen LogP contribution in [0.2, 0.25) is 0 Å². The van der Waals surface area contributed by atoms with Gasteiger partial charge in [-0.1, -0.05) is 6.92 Å². The summed E-state index contributed by atoms with van der Waals surface area (Å²) in [7, 11) is 2.20. The maximum atomic E-state index is 4.52. The molecule has 1 heterocycles. The van der Waals surface area contributed by atoms with Crippen LogP contribution in [0.3, 0.4) is 0 Å². The molecule has 0 saturated heterocycles. The minimum atomic E-state index is 0.812. The Balaban J connectivity index is 1.93. The third-order valence-corrected chi connectivity index (χ3v) is 3.73. The average Bonchev–Trinajstić information content (AvgIpc) is 3.24. The third kappa shape index (κ3) is 4.07. The first-order chi connectivity index (χ1) is 9.61. The van der Waals surface area contributed by atoms with E-state index in [9.17, 15) is 0 Å². The van der Waals surface area contributed by atoms with Crippen molar-refractivity contribution >= 4 is 11.6 Å². The SMILES string of the molecule is CCCNc1nc(C)nc(NCCN(C)C2CC2)c1C. The summed E-state index contributed by atoms with van der Waals surface area (Å²) in [6.07, 6.45) is 3.80. The first-order valence-corrected chi connectivity index (χ1v) is 7.65.